The second-order valence-corrected chi connectivity index (χ2v) is 8.62. The van der Waals surface area contributed by atoms with E-state index in [9.17, 15) is 9.59 Å². The Labute approximate surface area is 168 Å². The van der Waals surface area contributed by atoms with Crippen LogP contribution in [0.15, 0.2) is 24.3 Å². The molecule has 2 unspecified atom stereocenters. The predicted molar refractivity (Wildman–Crippen MR) is 111 cm³/mol. The lowest BCUT2D eigenvalue weighted by molar-refractivity contribution is -0.139. The number of likely N-dealkylation sites (tertiary alicyclic amines) is 1. The number of hydrogen-bond acceptors (Lipinski definition) is 2. The van der Waals surface area contributed by atoms with Crippen LogP contribution in [-0.2, 0) is 9.59 Å². The van der Waals surface area contributed by atoms with Gasteiger partial charge in [-0.15, -0.1) is 0 Å². The van der Waals surface area contributed by atoms with Crippen LogP contribution < -0.4 is 5.32 Å². The van der Waals surface area contributed by atoms with Crippen molar-refractivity contribution < 1.29 is 9.59 Å². The third kappa shape index (κ3) is 6.24. The number of halogens is 1. The van der Waals surface area contributed by atoms with Gasteiger partial charge in [0, 0.05) is 24.5 Å². The van der Waals surface area contributed by atoms with Crippen molar-refractivity contribution in [3.63, 3.8) is 0 Å². The summed E-state index contributed by atoms with van der Waals surface area (Å²) in [6.45, 7) is 9.60. The van der Waals surface area contributed by atoms with Crippen molar-refractivity contribution in [2.75, 3.05) is 13.1 Å². The van der Waals surface area contributed by atoms with Crippen LogP contribution in [0.25, 0.3) is 0 Å². The van der Waals surface area contributed by atoms with E-state index in [0.717, 1.165) is 37.4 Å². The molecule has 1 aromatic carbocycles. The van der Waals surface area contributed by atoms with E-state index in [-0.39, 0.29) is 23.7 Å². The molecule has 0 aromatic heterocycles. The monoisotopic (exact) mass is 392 g/mol. The van der Waals surface area contributed by atoms with E-state index in [1.54, 1.807) is 0 Å². The van der Waals surface area contributed by atoms with E-state index in [0.29, 0.717) is 12.3 Å². The van der Waals surface area contributed by atoms with Crippen molar-refractivity contribution in [3.8, 4) is 0 Å². The van der Waals surface area contributed by atoms with Crippen LogP contribution in [0.5, 0.6) is 0 Å². The summed E-state index contributed by atoms with van der Waals surface area (Å²) in [4.78, 5) is 27.3. The molecule has 27 heavy (non-hydrogen) atoms. The van der Waals surface area contributed by atoms with Crippen molar-refractivity contribution >= 4 is 23.4 Å². The minimum Gasteiger partial charge on any atom is -0.344 e. The van der Waals surface area contributed by atoms with Crippen LogP contribution in [0.3, 0.4) is 0 Å². The number of hydrogen-bond donors (Lipinski definition) is 1. The highest BCUT2D eigenvalue weighted by atomic mass is 35.5. The van der Waals surface area contributed by atoms with Gasteiger partial charge in [0.25, 0.3) is 0 Å². The fraction of sp³-hybridized carbons (Fsp3) is 0.636. The normalized spacial score (nSPS) is 17.6. The summed E-state index contributed by atoms with van der Waals surface area (Å²) in [5, 5.41) is 3.75. The van der Waals surface area contributed by atoms with E-state index in [1.807, 2.05) is 37.8 Å². The molecule has 150 valence electrons. The molecule has 0 saturated carbocycles. The van der Waals surface area contributed by atoms with Crippen molar-refractivity contribution in [2.45, 2.75) is 65.3 Å². The molecule has 0 radical (unpaired) electrons. The third-order valence-electron chi connectivity index (χ3n) is 5.54. The maximum Gasteiger partial charge on any atom is 0.245 e. The summed E-state index contributed by atoms with van der Waals surface area (Å²) in [6, 6.07) is 7.60. The summed E-state index contributed by atoms with van der Waals surface area (Å²) in [6.07, 6.45) is 3.21. The first kappa shape index (κ1) is 21.7. The zero-order valence-electron chi connectivity index (χ0n) is 17.0. The van der Waals surface area contributed by atoms with Gasteiger partial charge in [0.2, 0.25) is 11.8 Å². The van der Waals surface area contributed by atoms with Gasteiger partial charge in [-0.1, -0.05) is 57.8 Å². The Hall–Kier alpha value is -1.55. The van der Waals surface area contributed by atoms with Gasteiger partial charge in [-0.3, -0.25) is 9.59 Å². The maximum absolute atomic E-state index is 13.1. The number of nitrogens with zero attached hydrogens (tertiary/aromatic N) is 1. The first-order chi connectivity index (χ1) is 12.8. The molecule has 0 bridgehead atoms. The lowest BCUT2D eigenvalue weighted by Gasteiger charge is -2.36. The van der Waals surface area contributed by atoms with Crippen LogP contribution in [0.2, 0.25) is 5.02 Å². The van der Waals surface area contributed by atoms with Crippen LogP contribution in [-0.4, -0.2) is 35.8 Å². The topological polar surface area (TPSA) is 49.4 Å². The van der Waals surface area contributed by atoms with Gasteiger partial charge in [0.1, 0.15) is 6.04 Å². The second kappa shape index (κ2) is 10.1. The van der Waals surface area contributed by atoms with Crippen molar-refractivity contribution in [1.29, 1.82) is 0 Å². The number of carbonyl (C=O) groups excluding carboxylic acids is 2. The molecule has 1 aromatic rings. The molecular weight excluding hydrogens is 360 g/mol. The number of nitrogens with one attached hydrogen (secondary N) is 1. The van der Waals surface area contributed by atoms with Crippen LogP contribution >= 0.6 is 11.6 Å². The Morgan fingerprint density at radius 3 is 2.26 bits per heavy atom. The number of benzene rings is 1. The van der Waals surface area contributed by atoms with E-state index in [2.05, 4.69) is 24.4 Å². The van der Waals surface area contributed by atoms with Gasteiger partial charge in [-0.25, -0.2) is 0 Å². The van der Waals surface area contributed by atoms with Crippen molar-refractivity contribution in [1.82, 2.24) is 10.2 Å². The van der Waals surface area contributed by atoms with Gasteiger partial charge in [0.15, 0.2) is 0 Å². The number of rotatable bonds is 7. The Morgan fingerprint density at radius 1 is 1.15 bits per heavy atom. The molecule has 1 aliphatic rings. The van der Waals surface area contributed by atoms with Crippen molar-refractivity contribution in [2.24, 2.45) is 11.8 Å². The zero-order valence-corrected chi connectivity index (χ0v) is 17.8. The molecule has 1 fully saturated rings. The molecule has 1 heterocycles. The Kier molecular flexibility index (Phi) is 8.15. The first-order valence-electron chi connectivity index (χ1n) is 10.1. The van der Waals surface area contributed by atoms with Gasteiger partial charge in [0.05, 0.1) is 0 Å². The molecule has 2 atom stereocenters. The zero-order chi connectivity index (χ0) is 20.0. The summed E-state index contributed by atoms with van der Waals surface area (Å²) >= 11 is 5.98. The first-order valence-corrected chi connectivity index (χ1v) is 10.5. The molecule has 0 spiro atoms. The molecule has 1 N–H and O–H groups in total. The Balaban J connectivity index is 1.97. The van der Waals surface area contributed by atoms with E-state index >= 15 is 0 Å². The number of piperidine rings is 1. The molecular formula is C22H33ClN2O2. The van der Waals surface area contributed by atoms with Gasteiger partial charge < -0.3 is 10.2 Å². The van der Waals surface area contributed by atoms with Crippen molar-refractivity contribution in [3.05, 3.63) is 34.9 Å². The molecule has 2 amide bonds. The molecule has 0 aliphatic carbocycles. The Bertz CT molecular complexity index is 622. The molecule has 5 heteroatoms. The van der Waals surface area contributed by atoms with Gasteiger partial charge in [-0.2, -0.15) is 0 Å². The lowest BCUT2D eigenvalue weighted by Crippen LogP contribution is -2.53. The van der Waals surface area contributed by atoms with Crippen LogP contribution in [0.4, 0.5) is 0 Å². The maximum atomic E-state index is 13.1. The van der Waals surface area contributed by atoms with E-state index in [1.165, 1.54) is 5.56 Å². The summed E-state index contributed by atoms with van der Waals surface area (Å²) in [5.41, 5.74) is 1.29. The highest BCUT2D eigenvalue weighted by Crippen LogP contribution is 2.29. The molecule has 1 aliphatic heterocycles. The smallest absolute Gasteiger partial charge is 0.245 e. The summed E-state index contributed by atoms with van der Waals surface area (Å²) in [5.74, 6) is 0.912. The lowest BCUT2D eigenvalue weighted by atomic mass is 9.88. The molecule has 2 rings (SSSR count). The SMILES string of the molecule is CCC(C)C(NC(=O)CC(C)C)C(=O)N1CCC(c2ccc(Cl)cc2)CC1. The standard InChI is InChI=1S/C22H33ClN2O2/c1-5-16(4)21(24-20(26)14-15(2)3)22(27)25-12-10-18(11-13-25)17-6-8-19(23)9-7-17/h6-9,15-16,18,21H,5,10-14H2,1-4H3,(H,24,26). The average Bonchev–Trinajstić information content (AvgIpc) is 2.65. The average molecular weight is 393 g/mol. The summed E-state index contributed by atoms with van der Waals surface area (Å²) in [7, 11) is 0. The van der Waals surface area contributed by atoms with Gasteiger partial charge in [-0.05, 0) is 48.3 Å². The van der Waals surface area contributed by atoms with Gasteiger partial charge >= 0.3 is 0 Å². The fourth-order valence-corrected chi connectivity index (χ4v) is 3.78. The van der Waals surface area contributed by atoms with Crippen LogP contribution in [0, 0.1) is 11.8 Å². The van der Waals surface area contributed by atoms with E-state index in [4.69, 9.17) is 11.6 Å². The molecule has 4 nitrogen and oxygen atoms in total. The molecule has 1 saturated heterocycles. The fourth-order valence-electron chi connectivity index (χ4n) is 3.65. The highest BCUT2D eigenvalue weighted by molar-refractivity contribution is 6.30. The quantitative estimate of drug-likeness (QED) is 0.735. The Morgan fingerprint density at radius 2 is 1.74 bits per heavy atom. The number of amides is 2. The number of carbonyl (C=O) groups is 2. The summed E-state index contributed by atoms with van der Waals surface area (Å²) < 4.78 is 0. The highest BCUT2D eigenvalue weighted by Gasteiger charge is 2.32. The largest absolute Gasteiger partial charge is 0.344 e. The van der Waals surface area contributed by atoms with Crippen LogP contribution in [0.1, 0.15) is 64.9 Å². The predicted octanol–water partition coefficient (Wildman–Crippen LogP) is 4.62. The minimum atomic E-state index is -0.423. The third-order valence-corrected chi connectivity index (χ3v) is 5.79. The second-order valence-electron chi connectivity index (χ2n) is 8.18. The van der Waals surface area contributed by atoms with E-state index < -0.39 is 6.04 Å². The minimum absolute atomic E-state index is 0.0281.